The average Bonchev–Trinajstić information content (AvgIpc) is 2.72. The quantitative estimate of drug-likeness (QED) is 0.219. The first-order valence-electron chi connectivity index (χ1n) is 12.5. The van der Waals surface area contributed by atoms with Crippen molar-refractivity contribution in [1.82, 2.24) is 0 Å². The number of ether oxygens (including phenoxy) is 1. The highest BCUT2D eigenvalue weighted by atomic mass is 16.5. The molecule has 0 aliphatic heterocycles. The van der Waals surface area contributed by atoms with Crippen LogP contribution in [0.1, 0.15) is 110 Å². The van der Waals surface area contributed by atoms with Crippen LogP contribution in [0.4, 0.5) is 0 Å². The Morgan fingerprint density at radius 1 is 0.966 bits per heavy atom. The maximum atomic E-state index is 11.8. The van der Waals surface area contributed by atoms with Gasteiger partial charge in [-0.25, -0.2) is 4.79 Å². The van der Waals surface area contributed by atoms with Crippen LogP contribution in [0, 0.1) is 23.7 Å². The Morgan fingerprint density at radius 2 is 1.55 bits per heavy atom. The third kappa shape index (κ3) is 8.82. The molecule has 0 spiro atoms. The summed E-state index contributed by atoms with van der Waals surface area (Å²) >= 11 is 0. The van der Waals surface area contributed by atoms with Crippen molar-refractivity contribution in [1.29, 1.82) is 0 Å². The van der Waals surface area contributed by atoms with Crippen molar-refractivity contribution in [3.05, 3.63) is 12.2 Å². The zero-order valence-corrected chi connectivity index (χ0v) is 19.2. The number of carbonyl (C=O) groups is 1. The zero-order chi connectivity index (χ0) is 21.1. The van der Waals surface area contributed by atoms with Gasteiger partial charge in [-0.3, -0.25) is 0 Å². The Hall–Kier alpha value is -0.830. The third-order valence-electron chi connectivity index (χ3n) is 7.58. The van der Waals surface area contributed by atoms with Crippen LogP contribution in [-0.4, -0.2) is 23.8 Å². The molecule has 0 aromatic rings. The first-order valence-corrected chi connectivity index (χ1v) is 12.5. The van der Waals surface area contributed by atoms with Crippen molar-refractivity contribution in [2.75, 3.05) is 6.61 Å². The van der Waals surface area contributed by atoms with Crippen LogP contribution in [0.2, 0.25) is 0 Å². The van der Waals surface area contributed by atoms with Gasteiger partial charge in [0.1, 0.15) is 6.10 Å². The lowest BCUT2D eigenvalue weighted by molar-refractivity contribution is -0.146. The van der Waals surface area contributed by atoms with Crippen molar-refractivity contribution in [3.63, 3.8) is 0 Å². The molecule has 168 valence electrons. The average molecular weight is 407 g/mol. The number of aliphatic hydroxyl groups excluding tert-OH is 1. The van der Waals surface area contributed by atoms with Crippen LogP contribution in [0.25, 0.3) is 0 Å². The highest BCUT2D eigenvalue weighted by Gasteiger charge is 2.32. The Kier molecular flexibility index (Phi) is 11.4. The molecule has 0 amide bonds. The van der Waals surface area contributed by atoms with Crippen molar-refractivity contribution in [2.24, 2.45) is 23.7 Å². The molecule has 1 unspecified atom stereocenters. The van der Waals surface area contributed by atoms with E-state index in [-0.39, 0.29) is 18.7 Å². The second-order valence-electron chi connectivity index (χ2n) is 9.97. The van der Waals surface area contributed by atoms with Crippen molar-refractivity contribution in [3.8, 4) is 0 Å². The number of esters is 1. The summed E-state index contributed by atoms with van der Waals surface area (Å²) in [6.45, 7) is 7.72. The fourth-order valence-corrected chi connectivity index (χ4v) is 5.70. The van der Waals surface area contributed by atoms with Crippen molar-refractivity contribution >= 4 is 5.97 Å². The van der Waals surface area contributed by atoms with E-state index in [0.29, 0.717) is 17.9 Å². The van der Waals surface area contributed by atoms with Crippen LogP contribution >= 0.6 is 0 Å². The van der Waals surface area contributed by atoms with Gasteiger partial charge in [0.15, 0.2) is 0 Å². The molecule has 0 bridgehead atoms. The van der Waals surface area contributed by atoms with Gasteiger partial charge in [0.05, 0.1) is 0 Å². The van der Waals surface area contributed by atoms with Crippen molar-refractivity contribution < 1.29 is 14.6 Å². The van der Waals surface area contributed by atoms with Gasteiger partial charge in [0, 0.05) is 18.6 Å². The molecular formula is C26H46O3. The van der Waals surface area contributed by atoms with Gasteiger partial charge in [0.25, 0.3) is 0 Å². The summed E-state index contributed by atoms with van der Waals surface area (Å²) in [5.41, 5.74) is 0.442. The summed E-state index contributed by atoms with van der Waals surface area (Å²) in [5.74, 6) is 3.19. The summed E-state index contributed by atoms with van der Waals surface area (Å²) < 4.78 is 5.56. The SMILES string of the molecule is C=C(C)C(=O)OC(CCO)CC1CCC(C2CCC(CCCCCC)CC2)CC1. The Morgan fingerprint density at radius 3 is 2.07 bits per heavy atom. The number of aliphatic hydroxyl groups is 1. The second kappa shape index (κ2) is 13.5. The molecule has 3 heteroatoms. The van der Waals surface area contributed by atoms with E-state index in [2.05, 4.69) is 13.5 Å². The predicted molar refractivity (Wildman–Crippen MR) is 121 cm³/mol. The molecule has 0 aromatic heterocycles. The highest BCUT2D eigenvalue weighted by Crippen LogP contribution is 2.43. The van der Waals surface area contributed by atoms with Gasteiger partial charge in [-0.2, -0.15) is 0 Å². The molecule has 2 aliphatic carbocycles. The number of unbranched alkanes of at least 4 members (excludes halogenated alkanes) is 3. The van der Waals surface area contributed by atoms with Crippen LogP contribution in [-0.2, 0) is 9.53 Å². The first-order chi connectivity index (χ1) is 14.0. The monoisotopic (exact) mass is 406 g/mol. The van der Waals surface area contributed by atoms with Crippen molar-refractivity contribution in [2.45, 2.75) is 116 Å². The molecule has 0 saturated heterocycles. The molecule has 0 radical (unpaired) electrons. The van der Waals surface area contributed by atoms with E-state index >= 15 is 0 Å². The van der Waals surface area contributed by atoms with Gasteiger partial charge in [-0.05, 0) is 62.7 Å². The summed E-state index contributed by atoms with van der Waals surface area (Å²) in [5, 5.41) is 9.32. The van der Waals surface area contributed by atoms with E-state index in [1.54, 1.807) is 6.92 Å². The molecule has 0 heterocycles. The lowest BCUT2D eigenvalue weighted by atomic mass is 9.68. The van der Waals surface area contributed by atoms with Gasteiger partial charge < -0.3 is 9.84 Å². The summed E-state index contributed by atoms with van der Waals surface area (Å²) in [6.07, 6.45) is 19.4. The first kappa shape index (κ1) is 24.4. The summed E-state index contributed by atoms with van der Waals surface area (Å²) in [4.78, 5) is 11.8. The van der Waals surface area contributed by atoms with Gasteiger partial charge in [-0.1, -0.05) is 71.3 Å². The number of carbonyl (C=O) groups excluding carboxylic acids is 1. The maximum Gasteiger partial charge on any atom is 0.333 e. The molecule has 1 N–H and O–H groups in total. The van der Waals surface area contributed by atoms with Gasteiger partial charge in [-0.15, -0.1) is 0 Å². The normalized spacial score (nSPS) is 28.7. The molecule has 0 aromatic carbocycles. The van der Waals surface area contributed by atoms with Crippen LogP contribution in [0.3, 0.4) is 0 Å². The molecular weight excluding hydrogens is 360 g/mol. The number of hydrogen-bond acceptors (Lipinski definition) is 3. The standard InChI is InChI=1S/C26H46O3/c1-4-5-6-7-8-21-9-13-23(14-10-21)24-15-11-22(12-16-24)19-25(17-18-27)29-26(28)20(2)3/h21-25,27H,2,4-19H2,1,3H3. The largest absolute Gasteiger partial charge is 0.459 e. The number of rotatable bonds is 12. The van der Waals surface area contributed by atoms with E-state index in [9.17, 15) is 9.90 Å². The summed E-state index contributed by atoms with van der Waals surface area (Å²) in [6, 6.07) is 0. The fourth-order valence-electron chi connectivity index (χ4n) is 5.70. The fraction of sp³-hybridized carbons (Fsp3) is 0.885. The molecule has 2 rings (SSSR count). The molecule has 29 heavy (non-hydrogen) atoms. The van der Waals surface area contributed by atoms with E-state index in [1.165, 1.54) is 83.5 Å². The Labute approximate surface area is 179 Å². The number of hydrogen-bond donors (Lipinski definition) is 1. The maximum absolute atomic E-state index is 11.8. The second-order valence-corrected chi connectivity index (χ2v) is 9.97. The molecule has 2 fully saturated rings. The minimum Gasteiger partial charge on any atom is -0.459 e. The van der Waals surface area contributed by atoms with Gasteiger partial charge in [0.2, 0.25) is 0 Å². The van der Waals surface area contributed by atoms with E-state index in [4.69, 9.17) is 4.74 Å². The predicted octanol–water partition coefficient (Wildman–Crippen LogP) is 6.83. The topological polar surface area (TPSA) is 46.5 Å². The Balaban J connectivity index is 1.66. The lowest BCUT2D eigenvalue weighted by Gasteiger charge is -2.38. The third-order valence-corrected chi connectivity index (χ3v) is 7.58. The lowest BCUT2D eigenvalue weighted by Crippen LogP contribution is -2.28. The summed E-state index contributed by atoms with van der Waals surface area (Å²) in [7, 11) is 0. The minimum atomic E-state index is -0.316. The highest BCUT2D eigenvalue weighted by molar-refractivity contribution is 5.87. The molecule has 2 aliphatic rings. The van der Waals surface area contributed by atoms with Crippen LogP contribution < -0.4 is 0 Å². The van der Waals surface area contributed by atoms with E-state index in [0.717, 1.165) is 24.2 Å². The molecule has 2 saturated carbocycles. The Bertz CT molecular complexity index is 470. The van der Waals surface area contributed by atoms with Crippen LogP contribution in [0.15, 0.2) is 12.2 Å². The smallest absolute Gasteiger partial charge is 0.333 e. The van der Waals surface area contributed by atoms with E-state index in [1.807, 2.05) is 0 Å². The van der Waals surface area contributed by atoms with Crippen LogP contribution in [0.5, 0.6) is 0 Å². The minimum absolute atomic E-state index is 0.0746. The molecule has 1 atom stereocenters. The van der Waals surface area contributed by atoms with Gasteiger partial charge >= 0.3 is 5.97 Å². The molecule has 3 nitrogen and oxygen atoms in total. The zero-order valence-electron chi connectivity index (χ0n) is 19.2. The van der Waals surface area contributed by atoms with E-state index < -0.39 is 0 Å².